The van der Waals surface area contributed by atoms with Gasteiger partial charge >= 0.3 is 0 Å². The molecule has 0 saturated carbocycles. The molecule has 6 nitrogen and oxygen atoms in total. The van der Waals surface area contributed by atoms with Crippen LogP contribution < -0.4 is 0 Å². The summed E-state index contributed by atoms with van der Waals surface area (Å²) < 4.78 is 0. The highest BCUT2D eigenvalue weighted by atomic mass is 32.1. The Hall–Kier alpha value is -3.80. The van der Waals surface area contributed by atoms with Crippen LogP contribution in [0.4, 0.5) is 0 Å². The average molecular weight is 683 g/mol. The molecule has 6 heterocycles. The number of allylic oxidation sites excluding steroid dienone is 1. The van der Waals surface area contributed by atoms with Gasteiger partial charge in [0.25, 0.3) is 11.8 Å². The van der Waals surface area contributed by atoms with Crippen LogP contribution in [0.15, 0.2) is 53.5 Å². The van der Waals surface area contributed by atoms with E-state index in [-0.39, 0.29) is 11.8 Å². The van der Waals surface area contributed by atoms with E-state index in [1.165, 1.54) is 9.75 Å². The lowest BCUT2D eigenvalue weighted by Crippen LogP contribution is -2.30. The maximum Gasteiger partial charge on any atom is 0.261 e. The Morgan fingerprint density at radius 3 is 1.76 bits per heavy atom. The highest BCUT2D eigenvalue weighted by Gasteiger charge is 2.47. The van der Waals surface area contributed by atoms with Crippen LogP contribution in [0.25, 0.3) is 35.2 Å². The van der Waals surface area contributed by atoms with Crippen molar-refractivity contribution in [1.29, 1.82) is 0 Å². The molecule has 0 aliphatic carbocycles. The van der Waals surface area contributed by atoms with Gasteiger partial charge in [0, 0.05) is 48.9 Å². The summed E-state index contributed by atoms with van der Waals surface area (Å²) in [6.07, 6.45) is 8.92. The Morgan fingerprint density at radius 1 is 0.630 bits per heavy atom. The Balaban J connectivity index is 1.28. The number of carbonyl (C=O) groups is 2. The average Bonchev–Trinajstić information content (AvgIpc) is 3.89. The number of hydrogen-bond donors (Lipinski definition) is 0. The number of aryl methyl sites for hydroxylation is 1. The van der Waals surface area contributed by atoms with E-state index < -0.39 is 0 Å². The normalized spacial score (nSPS) is 14.3. The number of thiophene rings is 2. The number of amides is 2. The quantitative estimate of drug-likeness (QED) is 0.110. The van der Waals surface area contributed by atoms with Crippen LogP contribution >= 0.6 is 45.3 Å². The highest BCUT2D eigenvalue weighted by molar-refractivity contribution is 7.28. The molecule has 0 saturated heterocycles. The minimum absolute atomic E-state index is 0.0785. The molecular formula is C36H34N4O2S4. The minimum atomic E-state index is -0.0785. The topological polar surface area (TPSA) is 66.4 Å². The Bertz CT molecular complexity index is 1980. The number of rotatable bonds is 12. The number of carbonyl (C=O) groups excluding carboxylic acids is 2. The van der Waals surface area contributed by atoms with Crippen molar-refractivity contribution in [1.82, 2.24) is 19.8 Å². The number of unbranched alkanes of at least 4 members (excludes halogenated alkanes) is 4. The number of fused-ring (bicyclic) bond motifs is 1. The van der Waals surface area contributed by atoms with Crippen molar-refractivity contribution in [2.45, 2.75) is 66.2 Å². The first kappa shape index (κ1) is 32.2. The Morgan fingerprint density at radius 2 is 1.17 bits per heavy atom. The van der Waals surface area contributed by atoms with Gasteiger partial charge in [-0.25, -0.2) is 9.97 Å². The molecule has 4 aromatic heterocycles. The fraction of sp³-hybridized carbons (Fsp3) is 0.333. The summed E-state index contributed by atoms with van der Waals surface area (Å²) in [5, 5.41) is 1.93. The minimum Gasteiger partial charge on any atom is -0.312 e. The first-order chi connectivity index (χ1) is 22.4. The zero-order valence-electron chi connectivity index (χ0n) is 26.4. The van der Waals surface area contributed by atoms with E-state index in [2.05, 4.69) is 53.8 Å². The van der Waals surface area contributed by atoms with Gasteiger partial charge in [-0.3, -0.25) is 9.59 Å². The standard InChI is InChI=1S/C36H34N4O2S4/c1-5-7-9-11-13-19-39-24(4)30-31(36(39)42)32(40(35(30)41)20-14-12-10-8-6-2)25-17-18-27(44-25)34-38-22-29(46-34)28-21-37-33(45-28)26-16-15-23(3)43-26/h15-18,21-22H,9-14,19-20H2,1-4H3. The second kappa shape index (κ2) is 14.3. The van der Waals surface area contributed by atoms with Crippen LogP contribution in [0.5, 0.6) is 0 Å². The molecule has 2 aliphatic heterocycles. The van der Waals surface area contributed by atoms with Crippen molar-refractivity contribution >= 4 is 62.9 Å². The van der Waals surface area contributed by atoms with E-state index in [0.717, 1.165) is 79.4 Å². The molecule has 0 N–H and O–H groups in total. The summed E-state index contributed by atoms with van der Waals surface area (Å²) in [6.45, 7) is 8.84. The van der Waals surface area contributed by atoms with Gasteiger partial charge in [0.1, 0.15) is 10.0 Å². The first-order valence-corrected chi connectivity index (χ1v) is 18.7. The van der Waals surface area contributed by atoms with Crippen LogP contribution in [-0.2, 0) is 9.59 Å². The maximum absolute atomic E-state index is 13.9. The van der Waals surface area contributed by atoms with Gasteiger partial charge in [0.15, 0.2) is 0 Å². The molecular weight excluding hydrogens is 649 g/mol. The summed E-state index contributed by atoms with van der Waals surface area (Å²) in [7, 11) is 0. The lowest BCUT2D eigenvalue weighted by molar-refractivity contribution is -0.124. The van der Waals surface area contributed by atoms with Crippen molar-refractivity contribution in [3.8, 4) is 53.2 Å². The van der Waals surface area contributed by atoms with Gasteiger partial charge in [0.2, 0.25) is 0 Å². The van der Waals surface area contributed by atoms with Crippen molar-refractivity contribution in [3.05, 3.63) is 63.3 Å². The van der Waals surface area contributed by atoms with Gasteiger partial charge in [-0.15, -0.1) is 69.0 Å². The molecule has 0 bridgehead atoms. The summed E-state index contributed by atoms with van der Waals surface area (Å²) in [5.74, 6) is 11.9. The molecule has 234 valence electrons. The van der Waals surface area contributed by atoms with Crippen molar-refractivity contribution in [2.75, 3.05) is 13.1 Å². The summed E-state index contributed by atoms with van der Waals surface area (Å²) in [6, 6.07) is 8.34. The molecule has 0 radical (unpaired) electrons. The second-order valence-corrected chi connectivity index (χ2v) is 15.4. The zero-order valence-corrected chi connectivity index (χ0v) is 29.6. The van der Waals surface area contributed by atoms with Crippen molar-refractivity contribution in [2.24, 2.45) is 0 Å². The Kier molecular flexibility index (Phi) is 10.0. The first-order valence-electron chi connectivity index (χ1n) is 15.4. The molecule has 46 heavy (non-hydrogen) atoms. The fourth-order valence-corrected chi connectivity index (χ4v) is 9.60. The zero-order chi connectivity index (χ0) is 32.2. The third-order valence-electron chi connectivity index (χ3n) is 7.92. The van der Waals surface area contributed by atoms with Crippen LogP contribution in [-0.4, -0.2) is 44.7 Å². The summed E-state index contributed by atoms with van der Waals surface area (Å²) in [5.41, 5.74) is 2.58. The van der Waals surface area contributed by atoms with E-state index in [4.69, 9.17) is 4.98 Å². The number of hydrogen-bond acceptors (Lipinski definition) is 8. The lowest BCUT2D eigenvalue weighted by Gasteiger charge is -2.23. The molecule has 4 aromatic rings. The summed E-state index contributed by atoms with van der Waals surface area (Å²) >= 11 is 6.65. The fourth-order valence-electron chi connectivity index (χ4n) is 5.65. The van der Waals surface area contributed by atoms with E-state index in [0.29, 0.717) is 24.2 Å². The second-order valence-electron chi connectivity index (χ2n) is 11.0. The largest absolute Gasteiger partial charge is 0.312 e. The maximum atomic E-state index is 13.9. The number of aromatic nitrogens is 2. The molecule has 0 unspecified atom stereocenters. The lowest BCUT2D eigenvalue weighted by atomic mass is 10.1. The SMILES string of the molecule is CC#CCCCCN1C(=O)C2=C(c3ccc(-c4ncc(-c5cnc(-c6ccc(C)s6)s5)s4)s3)N(CCCCC#CC)C(=O)C2=C1C. The van der Waals surface area contributed by atoms with Gasteiger partial charge in [-0.1, -0.05) is 0 Å². The Labute approximate surface area is 286 Å². The predicted octanol–water partition coefficient (Wildman–Crippen LogP) is 9.09. The molecule has 0 aromatic carbocycles. The molecule has 0 fully saturated rings. The number of nitrogens with zero attached hydrogens (tertiary/aromatic N) is 4. The third kappa shape index (κ3) is 6.41. The monoisotopic (exact) mass is 682 g/mol. The van der Waals surface area contributed by atoms with Crippen LogP contribution in [0, 0.1) is 30.6 Å². The smallest absolute Gasteiger partial charge is 0.261 e. The van der Waals surface area contributed by atoms with E-state index in [9.17, 15) is 9.59 Å². The highest BCUT2D eigenvalue weighted by Crippen LogP contribution is 2.47. The van der Waals surface area contributed by atoms with Gasteiger partial charge < -0.3 is 9.80 Å². The van der Waals surface area contributed by atoms with Crippen LogP contribution in [0.3, 0.4) is 0 Å². The van der Waals surface area contributed by atoms with Gasteiger partial charge in [-0.2, -0.15) is 0 Å². The van der Waals surface area contributed by atoms with Gasteiger partial charge in [-0.05, 0) is 77.6 Å². The van der Waals surface area contributed by atoms with E-state index in [1.807, 2.05) is 44.1 Å². The van der Waals surface area contributed by atoms with E-state index in [1.54, 1.807) is 50.2 Å². The molecule has 0 spiro atoms. The molecule has 6 rings (SSSR count). The molecule has 10 heteroatoms. The van der Waals surface area contributed by atoms with Crippen molar-refractivity contribution in [3.63, 3.8) is 0 Å². The molecule has 2 aliphatic rings. The summed E-state index contributed by atoms with van der Waals surface area (Å²) in [4.78, 5) is 47.5. The van der Waals surface area contributed by atoms with Crippen LogP contribution in [0.1, 0.15) is 69.1 Å². The molecule has 2 amide bonds. The number of thiazole rings is 2. The predicted molar refractivity (Wildman–Crippen MR) is 192 cm³/mol. The van der Waals surface area contributed by atoms with Crippen LogP contribution in [0.2, 0.25) is 0 Å². The molecule has 0 atom stereocenters. The third-order valence-corrected chi connectivity index (χ3v) is 12.5. The van der Waals surface area contributed by atoms with E-state index >= 15 is 0 Å². The van der Waals surface area contributed by atoms with Crippen molar-refractivity contribution < 1.29 is 9.59 Å². The van der Waals surface area contributed by atoms with Gasteiger partial charge in [0.05, 0.1) is 41.2 Å².